The van der Waals surface area contributed by atoms with Crippen molar-refractivity contribution in [1.29, 1.82) is 0 Å². The van der Waals surface area contributed by atoms with Gasteiger partial charge in [-0.15, -0.1) is 0 Å². The minimum Gasteiger partial charge on any atom is -0.455 e. The Kier molecular flexibility index (Phi) is 5.20. The summed E-state index contributed by atoms with van der Waals surface area (Å²) in [6.07, 6.45) is 3.10. The number of carbonyl (C=O) groups is 1. The number of para-hydroxylation sites is 3. The van der Waals surface area contributed by atoms with E-state index in [2.05, 4.69) is 20.8 Å². The number of carbonyl (C=O) groups excluding carboxylic acids is 1. The maximum absolute atomic E-state index is 12.8. The SMILES string of the molecule is Cc1cc(Nc2cncc(C(=O)Nc3ccccc3Oc3ccccc3)c2)no1. The Labute approximate surface area is 167 Å². The molecule has 29 heavy (non-hydrogen) atoms. The van der Waals surface area contributed by atoms with E-state index < -0.39 is 0 Å². The summed E-state index contributed by atoms with van der Waals surface area (Å²) in [5, 5.41) is 9.81. The number of nitrogens with one attached hydrogen (secondary N) is 2. The molecule has 0 aliphatic carbocycles. The van der Waals surface area contributed by atoms with Crippen LogP contribution in [0.2, 0.25) is 0 Å². The van der Waals surface area contributed by atoms with Crippen molar-refractivity contribution in [2.45, 2.75) is 6.92 Å². The number of aromatic nitrogens is 2. The minimum absolute atomic E-state index is 0.304. The van der Waals surface area contributed by atoms with Crippen LogP contribution in [-0.2, 0) is 0 Å². The van der Waals surface area contributed by atoms with Crippen LogP contribution in [-0.4, -0.2) is 16.0 Å². The van der Waals surface area contributed by atoms with Gasteiger partial charge < -0.3 is 19.9 Å². The number of anilines is 3. The highest BCUT2D eigenvalue weighted by molar-refractivity contribution is 6.05. The van der Waals surface area contributed by atoms with Crippen molar-refractivity contribution in [3.8, 4) is 11.5 Å². The van der Waals surface area contributed by atoms with E-state index in [-0.39, 0.29) is 5.91 Å². The van der Waals surface area contributed by atoms with Gasteiger partial charge in [0.1, 0.15) is 11.5 Å². The second kappa shape index (κ2) is 8.26. The van der Waals surface area contributed by atoms with Gasteiger partial charge in [0.2, 0.25) is 0 Å². The molecule has 0 saturated heterocycles. The van der Waals surface area contributed by atoms with Crippen LogP contribution in [0.4, 0.5) is 17.2 Å². The molecule has 0 unspecified atom stereocenters. The monoisotopic (exact) mass is 386 g/mol. The maximum Gasteiger partial charge on any atom is 0.257 e. The lowest BCUT2D eigenvalue weighted by Crippen LogP contribution is -2.13. The molecular formula is C22H18N4O3. The highest BCUT2D eigenvalue weighted by Gasteiger charge is 2.12. The summed E-state index contributed by atoms with van der Waals surface area (Å²) in [5.74, 6) is 2.16. The van der Waals surface area contributed by atoms with Crippen LogP contribution in [0, 0.1) is 6.92 Å². The second-order valence-corrected chi connectivity index (χ2v) is 6.28. The zero-order chi connectivity index (χ0) is 20.1. The van der Waals surface area contributed by atoms with Crippen molar-refractivity contribution in [2.75, 3.05) is 10.6 Å². The number of ether oxygens (including phenoxy) is 1. The fourth-order valence-electron chi connectivity index (χ4n) is 2.67. The van der Waals surface area contributed by atoms with Gasteiger partial charge in [-0.25, -0.2) is 0 Å². The van der Waals surface area contributed by atoms with Gasteiger partial charge in [-0.2, -0.15) is 0 Å². The molecule has 7 nitrogen and oxygen atoms in total. The Morgan fingerprint density at radius 2 is 1.79 bits per heavy atom. The first-order valence-corrected chi connectivity index (χ1v) is 8.96. The molecule has 4 aromatic rings. The van der Waals surface area contributed by atoms with Crippen molar-refractivity contribution in [2.24, 2.45) is 0 Å². The molecule has 0 spiro atoms. The summed E-state index contributed by atoms with van der Waals surface area (Å²) < 4.78 is 10.9. The number of hydrogen-bond donors (Lipinski definition) is 2. The van der Waals surface area contributed by atoms with Crippen LogP contribution in [0.1, 0.15) is 16.1 Å². The van der Waals surface area contributed by atoms with Crippen molar-refractivity contribution in [3.05, 3.63) is 90.4 Å². The van der Waals surface area contributed by atoms with Gasteiger partial charge in [-0.3, -0.25) is 9.78 Å². The first-order valence-electron chi connectivity index (χ1n) is 8.96. The molecular weight excluding hydrogens is 368 g/mol. The minimum atomic E-state index is -0.304. The quantitative estimate of drug-likeness (QED) is 0.475. The lowest BCUT2D eigenvalue weighted by Gasteiger charge is -2.12. The number of pyridine rings is 1. The van der Waals surface area contributed by atoms with Crippen LogP contribution < -0.4 is 15.4 Å². The third-order valence-electron chi connectivity index (χ3n) is 4.01. The van der Waals surface area contributed by atoms with Gasteiger partial charge in [0, 0.05) is 12.3 Å². The number of amides is 1. The van der Waals surface area contributed by atoms with Crippen LogP contribution in [0.15, 0.2) is 83.6 Å². The average molecular weight is 386 g/mol. The Hall–Kier alpha value is -4.13. The first-order chi connectivity index (χ1) is 14.2. The zero-order valence-electron chi connectivity index (χ0n) is 15.6. The van der Waals surface area contributed by atoms with Gasteiger partial charge in [-0.05, 0) is 37.3 Å². The largest absolute Gasteiger partial charge is 0.455 e. The molecule has 0 radical (unpaired) electrons. The van der Waals surface area contributed by atoms with Gasteiger partial charge in [0.05, 0.1) is 23.1 Å². The van der Waals surface area contributed by atoms with Crippen molar-refractivity contribution < 1.29 is 14.1 Å². The van der Waals surface area contributed by atoms with E-state index in [1.54, 1.807) is 37.4 Å². The summed E-state index contributed by atoms with van der Waals surface area (Å²) in [4.78, 5) is 16.9. The standard InChI is InChI=1S/C22H18N4O3/c1-15-11-21(26-29-15)24-17-12-16(13-23-14-17)22(27)25-19-9-5-6-10-20(19)28-18-7-3-2-4-8-18/h2-14H,1H3,(H,24,26)(H,25,27). The van der Waals surface area contributed by atoms with E-state index in [9.17, 15) is 4.79 Å². The number of nitrogens with zero attached hydrogens (tertiary/aromatic N) is 2. The molecule has 2 aromatic heterocycles. The average Bonchev–Trinajstić information content (AvgIpc) is 3.15. The Morgan fingerprint density at radius 1 is 1.00 bits per heavy atom. The van der Waals surface area contributed by atoms with Crippen LogP contribution >= 0.6 is 0 Å². The summed E-state index contributed by atoms with van der Waals surface area (Å²) in [5.41, 5.74) is 1.58. The summed E-state index contributed by atoms with van der Waals surface area (Å²) in [6.45, 7) is 1.80. The van der Waals surface area contributed by atoms with Crippen LogP contribution in [0.25, 0.3) is 0 Å². The molecule has 2 aromatic carbocycles. The summed E-state index contributed by atoms with van der Waals surface area (Å²) in [7, 11) is 0. The smallest absolute Gasteiger partial charge is 0.257 e. The van der Waals surface area contributed by atoms with Crippen LogP contribution in [0.5, 0.6) is 11.5 Å². The van der Waals surface area contributed by atoms with Crippen molar-refractivity contribution >= 4 is 23.1 Å². The van der Waals surface area contributed by atoms with Crippen LogP contribution in [0.3, 0.4) is 0 Å². The predicted octanol–water partition coefficient (Wildman–Crippen LogP) is 5.17. The third-order valence-corrected chi connectivity index (χ3v) is 4.01. The van der Waals surface area contributed by atoms with E-state index in [1.807, 2.05) is 42.5 Å². The molecule has 2 N–H and O–H groups in total. The molecule has 2 heterocycles. The Balaban J connectivity index is 1.50. The van der Waals surface area contributed by atoms with Crippen molar-refractivity contribution in [1.82, 2.24) is 10.1 Å². The predicted molar refractivity (Wildman–Crippen MR) is 110 cm³/mol. The Morgan fingerprint density at radius 3 is 2.59 bits per heavy atom. The number of benzene rings is 2. The van der Waals surface area contributed by atoms with E-state index in [0.717, 1.165) is 0 Å². The second-order valence-electron chi connectivity index (χ2n) is 6.28. The topological polar surface area (TPSA) is 89.3 Å². The highest BCUT2D eigenvalue weighted by atomic mass is 16.5. The van der Waals surface area contributed by atoms with E-state index in [0.29, 0.717) is 40.0 Å². The first kappa shape index (κ1) is 18.2. The van der Waals surface area contributed by atoms with E-state index >= 15 is 0 Å². The van der Waals surface area contributed by atoms with Crippen molar-refractivity contribution in [3.63, 3.8) is 0 Å². The molecule has 4 rings (SSSR count). The molecule has 1 amide bonds. The molecule has 0 aliphatic heterocycles. The lowest BCUT2D eigenvalue weighted by molar-refractivity contribution is 0.102. The van der Waals surface area contributed by atoms with E-state index in [1.165, 1.54) is 6.20 Å². The molecule has 0 fully saturated rings. The molecule has 0 atom stereocenters. The molecule has 144 valence electrons. The number of aryl methyl sites for hydroxylation is 1. The third kappa shape index (κ3) is 4.59. The fraction of sp³-hybridized carbons (Fsp3) is 0.0455. The number of hydrogen-bond acceptors (Lipinski definition) is 6. The van der Waals surface area contributed by atoms with E-state index in [4.69, 9.17) is 9.26 Å². The fourth-order valence-corrected chi connectivity index (χ4v) is 2.67. The normalized spacial score (nSPS) is 10.4. The lowest BCUT2D eigenvalue weighted by atomic mass is 10.2. The number of rotatable bonds is 6. The molecule has 7 heteroatoms. The summed E-state index contributed by atoms with van der Waals surface area (Å²) in [6, 6.07) is 20.1. The molecule has 0 aliphatic rings. The zero-order valence-corrected chi connectivity index (χ0v) is 15.6. The van der Waals surface area contributed by atoms with Gasteiger partial charge in [0.25, 0.3) is 5.91 Å². The highest BCUT2D eigenvalue weighted by Crippen LogP contribution is 2.29. The molecule has 0 saturated carbocycles. The maximum atomic E-state index is 12.8. The summed E-state index contributed by atoms with van der Waals surface area (Å²) >= 11 is 0. The Bertz CT molecular complexity index is 1130. The van der Waals surface area contributed by atoms with Gasteiger partial charge in [0.15, 0.2) is 11.6 Å². The molecule has 0 bridgehead atoms. The van der Waals surface area contributed by atoms with Gasteiger partial charge >= 0.3 is 0 Å². The van der Waals surface area contributed by atoms with Gasteiger partial charge in [-0.1, -0.05) is 35.5 Å².